The number of carbonyl (C=O) groups excluding carboxylic acids is 1. The van der Waals surface area contributed by atoms with Gasteiger partial charge in [0.15, 0.2) is 9.84 Å². The molecular formula is C19H29NO3S. The summed E-state index contributed by atoms with van der Waals surface area (Å²) >= 11 is 0. The Morgan fingerprint density at radius 1 is 1.17 bits per heavy atom. The standard InChI is InChI=1S/C19H29NO3S/c1-14(2)11-19(21)20(18-9-10-24(22,23)13-18)12-16-5-7-17(8-6-16)15(3)4/h5-8,14-15,18H,9-13H2,1-4H3. The Balaban J connectivity index is 2.17. The summed E-state index contributed by atoms with van der Waals surface area (Å²) in [7, 11) is -3.01. The highest BCUT2D eigenvalue weighted by Crippen LogP contribution is 2.23. The largest absolute Gasteiger partial charge is 0.334 e. The van der Waals surface area contributed by atoms with Crippen LogP contribution in [0.3, 0.4) is 0 Å². The molecule has 1 aliphatic rings. The third-order valence-corrected chi connectivity index (χ3v) is 6.30. The maximum Gasteiger partial charge on any atom is 0.223 e. The molecule has 1 heterocycles. The van der Waals surface area contributed by atoms with Gasteiger partial charge in [0.2, 0.25) is 5.91 Å². The number of carbonyl (C=O) groups is 1. The Morgan fingerprint density at radius 3 is 2.25 bits per heavy atom. The monoisotopic (exact) mass is 351 g/mol. The minimum atomic E-state index is -3.01. The van der Waals surface area contributed by atoms with E-state index in [2.05, 4.69) is 38.1 Å². The first-order valence-electron chi connectivity index (χ1n) is 8.76. The third-order valence-electron chi connectivity index (χ3n) is 4.55. The minimum Gasteiger partial charge on any atom is -0.334 e. The van der Waals surface area contributed by atoms with Gasteiger partial charge in [0.1, 0.15) is 0 Å². The second kappa shape index (κ2) is 7.68. The molecule has 1 aliphatic heterocycles. The van der Waals surface area contributed by atoms with Gasteiger partial charge in [-0.15, -0.1) is 0 Å². The molecule has 24 heavy (non-hydrogen) atoms. The maximum absolute atomic E-state index is 12.7. The van der Waals surface area contributed by atoms with Crippen molar-refractivity contribution in [3.63, 3.8) is 0 Å². The number of hydrogen-bond acceptors (Lipinski definition) is 3. The average Bonchev–Trinajstić information content (AvgIpc) is 2.84. The molecule has 1 aromatic carbocycles. The van der Waals surface area contributed by atoms with Crippen LogP contribution < -0.4 is 0 Å². The lowest BCUT2D eigenvalue weighted by atomic mass is 10.0. The van der Waals surface area contributed by atoms with Crippen LogP contribution in [0.2, 0.25) is 0 Å². The van der Waals surface area contributed by atoms with E-state index in [0.29, 0.717) is 25.3 Å². The molecule has 1 saturated heterocycles. The molecule has 0 saturated carbocycles. The first-order valence-corrected chi connectivity index (χ1v) is 10.6. The topological polar surface area (TPSA) is 54.5 Å². The molecule has 1 atom stereocenters. The van der Waals surface area contributed by atoms with Crippen molar-refractivity contribution in [2.24, 2.45) is 5.92 Å². The van der Waals surface area contributed by atoms with E-state index < -0.39 is 9.84 Å². The van der Waals surface area contributed by atoms with Gasteiger partial charge in [-0.05, 0) is 29.4 Å². The average molecular weight is 352 g/mol. The first-order chi connectivity index (χ1) is 11.2. The predicted molar refractivity (Wildman–Crippen MR) is 97.6 cm³/mol. The zero-order valence-corrected chi connectivity index (χ0v) is 16.0. The van der Waals surface area contributed by atoms with Crippen molar-refractivity contribution in [2.75, 3.05) is 11.5 Å². The fourth-order valence-corrected chi connectivity index (χ4v) is 4.84. The molecule has 1 unspecified atom stereocenters. The van der Waals surface area contributed by atoms with E-state index in [1.165, 1.54) is 5.56 Å². The molecule has 0 spiro atoms. The van der Waals surface area contributed by atoms with Gasteiger partial charge in [-0.3, -0.25) is 4.79 Å². The van der Waals surface area contributed by atoms with Crippen LogP contribution in [-0.4, -0.2) is 36.8 Å². The van der Waals surface area contributed by atoms with Gasteiger partial charge in [0.05, 0.1) is 11.5 Å². The van der Waals surface area contributed by atoms with E-state index >= 15 is 0 Å². The Morgan fingerprint density at radius 2 is 1.79 bits per heavy atom. The Labute approximate surface area is 146 Å². The summed E-state index contributed by atoms with van der Waals surface area (Å²) in [5.41, 5.74) is 2.32. The molecule has 0 radical (unpaired) electrons. The summed E-state index contributed by atoms with van der Waals surface area (Å²) in [4.78, 5) is 14.4. The molecule has 0 N–H and O–H groups in total. The van der Waals surface area contributed by atoms with Gasteiger partial charge < -0.3 is 4.90 Å². The van der Waals surface area contributed by atoms with Crippen LogP contribution in [0, 0.1) is 5.92 Å². The molecule has 4 nitrogen and oxygen atoms in total. The number of sulfone groups is 1. The van der Waals surface area contributed by atoms with E-state index in [9.17, 15) is 13.2 Å². The SMILES string of the molecule is CC(C)CC(=O)N(Cc1ccc(C(C)C)cc1)C1CCS(=O)(=O)C1. The van der Waals surface area contributed by atoms with Crippen LogP contribution in [0.25, 0.3) is 0 Å². The second-order valence-electron chi connectivity index (χ2n) is 7.57. The zero-order chi connectivity index (χ0) is 17.9. The van der Waals surface area contributed by atoms with E-state index in [0.717, 1.165) is 5.56 Å². The highest BCUT2D eigenvalue weighted by atomic mass is 32.2. The van der Waals surface area contributed by atoms with Crippen molar-refractivity contribution in [1.82, 2.24) is 4.90 Å². The lowest BCUT2D eigenvalue weighted by molar-refractivity contribution is -0.134. The summed E-state index contributed by atoms with van der Waals surface area (Å²) in [6.45, 7) is 8.82. The van der Waals surface area contributed by atoms with Crippen LogP contribution in [0.15, 0.2) is 24.3 Å². The molecule has 0 aromatic heterocycles. The lowest BCUT2D eigenvalue weighted by Gasteiger charge is -2.29. The highest BCUT2D eigenvalue weighted by Gasteiger charge is 2.34. The number of amides is 1. The minimum absolute atomic E-state index is 0.0556. The molecule has 1 fully saturated rings. The van der Waals surface area contributed by atoms with Crippen molar-refractivity contribution in [1.29, 1.82) is 0 Å². The fourth-order valence-electron chi connectivity index (χ4n) is 3.11. The van der Waals surface area contributed by atoms with Crippen molar-refractivity contribution in [3.8, 4) is 0 Å². The Hall–Kier alpha value is -1.36. The quantitative estimate of drug-likeness (QED) is 0.789. The van der Waals surface area contributed by atoms with Gasteiger partial charge in [-0.2, -0.15) is 0 Å². The van der Waals surface area contributed by atoms with Crippen LogP contribution in [0.5, 0.6) is 0 Å². The van der Waals surface area contributed by atoms with Crippen LogP contribution in [0.4, 0.5) is 0 Å². The molecule has 0 aliphatic carbocycles. The van der Waals surface area contributed by atoms with Crippen LogP contribution in [0.1, 0.15) is 57.6 Å². The van der Waals surface area contributed by atoms with Crippen LogP contribution in [-0.2, 0) is 21.2 Å². The Bertz CT molecular complexity index is 662. The van der Waals surface area contributed by atoms with Gasteiger partial charge in [0.25, 0.3) is 0 Å². The summed E-state index contributed by atoms with van der Waals surface area (Å²) in [6, 6.07) is 8.10. The van der Waals surface area contributed by atoms with Crippen LogP contribution >= 0.6 is 0 Å². The van der Waals surface area contributed by atoms with Crippen molar-refractivity contribution in [2.45, 2.75) is 59.0 Å². The van der Waals surface area contributed by atoms with Crippen molar-refractivity contribution in [3.05, 3.63) is 35.4 Å². The molecule has 134 valence electrons. The van der Waals surface area contributed by atoms with Gasteiger partial charge in [-0.1, -0.05) is 52.0 Å². The van der Waals surface area contributed by atoms with Crippen molar-refractivity contribution < 1.29 is 13.2 Å². The van der Waals surface area contributed by atoms with Gasteiger partial charge >= 0.3 is 0 Å². The molecule has 2 rings (SSSR count). The third kappa shape index (κ3) is 5.07. The molecule has 1 amide bonds. The smallest absolute Gasteiger partial charge is 0.223 e. The first kappa shape index (κ1) is 19.0. The second-order valence-corrected chi connectivity index (χ2v) is 9.80. The van der Waals surface area contributed by atoms with E-state index in [4.69, 9.17) is 0 Å². The zero-order valence-electron chi connectivity index (χ0n) is 15.2. The molecule has 1 aromatic rings. The molecule has 0 bridgehead atoms. The fraction of sp³-hybridized carbons (Fsp3) is 0.632. The van der Waals surface area contributed by atoms with E-state index in [1.807, 2.05) is 13.8 Å². The van der Waals surface area contributed by atoms with Crippen molar-refractivity contribution >= 4 is 15.7 Å². The summed E-state index contributed by atoms with van der Waals surface area (Å²) in [6.07, 6.45) is 1.01. The summed E-state index contributed by atoms with van der Waals surface area (Å²) in [5.74, 6) is 1.08. The van der Waals surface area contributed by atoms with E-state index in [1.54, 1.807) is 4.90 Å². The molecular weight excluding hydrogens is 322 g/mol. The predicted octanol–water partition coefficient (Wildman–Crippen LogP) is 3.37. The lowest BCUT2D eigenvalue weighted by Crippen LogP contribution is -2.41. The Kier molecular flexibility index (Phi) is 6.07. The summed E-state index contributed by atoms with van der Waals surface area (Å²) in [5, 5.41) is 0. The number of benzene rings is 1. The maximum atomic E-state index is 12.7. The molecule has 5 heteroatoms. The van der Waals surface area contributed by atoms with E-state index in [-0.39, 0.29) is 29.4 Å². The van der Waals surface area contributed by atoms with Gasteiger partial charge in [-0.25, -0.2) is 8.42 Å². The summed E-state index contributed by atoms with van der Waals surface area (Å²) < 4.78 is 23.6. The number of rotatable bonds is 6. The highest BCUT2D eigenvalue weighted by molar-refractivity contribution is 7.91. The normalized spacial score (nSPS) is 19.8. The number of hydrogen-bond donors (Lipinski definition) is 0. The number of nitrogens with zero attached hydrogens (tertiary/aromatic N) is 1. The van der Waals surface area contributed by atoms with Gasteiger partial charge in [0, 0.05) is 19.0 Å².